The predicted molar refractivity (Wildman–Crippen MR) is 99.7 cm³/mol. The van der Waals surface area contributed by atoms with Gasteiger partial charge in [-0.3, -0.25) is 4.98 Å². The number of pyridine rings is 1. The normalized spacial score (nSPS) is 28.2. The Hall–Kier alpha value is -1.67. The largest absolute Gasteiger partial charge is 0.394 e. The predicted octanol–water partition coefficient (Wildman–Crippen LogP) is 2.68. The van der Waals surface area contributed by atoms with Gasteiger partial charge in [-0.1, -0.05) is 12.1 Å². The molecule has 0 spiro atoms. The van der Waals surface area contributed by atoms with Crippen molar-refractivity contribution in [3.8, 4) is 0 Å². The Balaban J connectivity index is 1.75. The minimum absolute atomic E-state index is 0.0576. The van der Waals surface area contributed by atoms with Crippen LogP contribution in [0.15, 0.2) is 41.4 Å². The van der Waals surface area contributed by atoms with Crippen LogP contribution in [0, 0.1) is 5.82 Å². The molecule has 5 nitrogen and oxygen atoms in total. The first kappa shape index (κ1) is 17.7. The number of fused-ring (bicyclic) bond motifs is 1. The Kier molecular flexibility index (Phi) is 4.64. The van der Waals surface area contributed by atoms with E-state index < -0.39 is 5.54 Å². The molecule has 0 saturated carbocycles. The topological polar surface area (TPSA) is 57.6 Å². The number of halogens is 1. The van der Waals surface area contributed by atoms with E-state index in [2.05, 4.69) is 9.71 Å². The lowest BCUT2D eigenvalue weighted by atomic mass is 9.87. The molecule has 0 aliphatic carbocycles. The van der Waals surface area contributed by atoms with Crippen molar-refractivity contribution in [3.63, 3.8) is 0 Å². The number of morpholine rings is 1. The van der Waals surface area contributed by atoms with Gasteiger partial charge in [0, 0.05) is 19.3 Å². The standard InChI is InChI=1S/C19H22FN3O2S/c1-12-9-23(10-13(2)25-12)15-7-6-14-18(17(15)20)26-22-19(14,11-24)16-5-3-4-8-21-16/h3-8,12-13,22,24H,9-11H2,1-2H3/t12-,13+,19?. The number of nitrogens with one attached hydrogen (secondary N) is 1. The molecule has 1 saturated heterocycles. The molecule has 0 bridgehead atoms. The Labute approximate surface area is 156 Å². The maximum Gasteiger partial charge on any atom is 0.161 e. The Bertz CT molecular complexity index is 797. The van der Waals surface area contributed by atoms with Gasteiger partial charge in [0.15, 0.2) is 5.82 Å². The number of hydrogen-bond acceptors (Lipinski definition) is 6. The Morgan fingerprint density at radius 2 is 2.08 bits per heavy atom. The van der Waals surface area contributed by atoms with Crippen LogP contribution < -0.4 is 9.62 Å². The molecule has 1 unspecified atom stereocenters. The van der Waals surface area contributed by atoms with Gasteiger partial charge in [0.25, 0.3) is 0 Å². The molecule has 0 amide bonds. The molecule has 2 N–H and O–H groups in total. The molecule has 3 atom stereocenters. The minimum Gasteiger partial charge on any atom is -0.394 e. The van der Waals surface area contributed by atoms with Crippen LogP contribution >= 0.6 is 11.9 Å². The number of aliphatic hydroxyl groups excluding tert-OH is 1. The van der Waals surface area contributed by atoms with Crippen LogP contribution in [0.4, 0.5) is 10.1 Å². The lowest BCUT2D eigenvalue weighted by molar-refractivity contribution is -0.00541. The van der Waals surface area contributed by atoms with Crippen molar-refractivity contribution in [1.82, 2.24) is 9.71 Å². The molecular formula is C19H22FN3O2S. The van der Waals surface area contributed by atoms with Gasteiger partial charge >= 0.3 is 0 Å². The number of ether oxygens (including phenoxy) is 1. The number of aromatic nitrogens is 1. The second kappa shape index (κ2) is 6.81. The maximum absolute atomic E-state index is 15.4. The molecule has 2 aromatic rings. The first-order valence-corrected chi connectivity index (χ1v) is 9.56. The van der Waals surface area contributed by atoms with Crippen LogP contribution in [-0.2, 0) is 10.3 Å². The molecule has 1 aromatic carbocycles. The highest BCUT2D eigenvalue weighted by Gasteiger charge is 2.44. The molecule has 4 rings (SSSR count). The van der Waals surface area contributed by atoms with Crippen molar-refractivity contribution in [2.45, 2.75) is 36.5 Å². The van der Waals surface area contributed by atoms with E-state index in [4.69, 9.17) is 4.74 Å². The quantitative estimate of drug-likeness (QED) is 0.805. The van der Waals surface area contributed by atoms with Gasteiger partial charge < -0.3 is 14.7 Å². The first-order chi connectivity index (χ1) is 12.5. The monoisotopic (exact) mass is 375 g/mol. The van der Waals surface area contributed by atoms with Crippen LogP contribution in [0.25, 0.3) is 0 Å². The van der Waals surface area contributed by atoms with Crippen LogP contribution in [0.5, 0.6) is 0 Å². The van der Waals surface area contributed by atoms with Crippen molar-refractivity contribution < 1.29 is 14.2 Å². The van der Waals surface area contributed by atoms with E-state index >= 15 is 4.39 Å². The van der Waals surface area contributed by atoms with E-state index in [9.17, 15) is 5.11 Å². The summed E-state index contributed by atoms with van der Waals surface area (Å²) < 4.78 is 24.3. The van der Waals surface area contributed by atoms with Crippen LogP contribution in [0.1, 0.15) is 25.1 Å². The van der Waals surface area contributed by atoms with E-state index in [1.54, 1.807) is 12.3 Å². The summed E-state index contributed by atoms with van der Waals surface area (Å²) in [6, 6.07) is 9.24. The summed E-state index contributed by atoms with van der Waals surface area (Å²) in [7, 11) is 0. The summed E-state index contributed by atoms with van der Waals surface area (Å²) in [4.78, 5) is 6.94. The van der Waals surface area contributed by atoms with Gasteiger partial charge in [0.2, 0.25) is 0 Å². The van der Waals surface area contributed by atoms with E-state index in [0.717, 1.165) is 5.56 Å². The van der Waals surface area contributed by atoms with Gasteiger partial charge in [-0.15, -0.1) is 0 Å². The van der Waals surface area contributed by atoms with Crippen molar-refractivity contribution in [2.75, 3.05) is 24.6 Å². The summed E-state index contributed by atoms with van der Waals surface area (Å²) in [5.74, 6) is -0.257. The van der Waals surface area contributed by atoms with Gasteiger partial charge in [0.1, 0.15) is 5.54 Å². The second-order valence-corrected chi connectivity index (χ2v) is 7.74. The van der Waals surface area contributed by atoms with E-state index in [-0.39, 0.29) is 24.6 Å². The highest BCUT2D eigenvalue weighted by Crippen LogP contribution is 2.46. The van der Waals surface area contributed by atoms with Crippen molar-refractivity contribution in [2.24, 2.45) is 0 Å². The molecular weight excluding hydrogens is 353 g/mol. The van der Waals surface area contributed by atoms with E-state index in [0.29, 0.717) is 29.4 Å². The number of nitrogens with zero attached hydrogens (tertiary/aromatic N) is 2. The maximum atomic E-state index is 15.4. The van der Waals surface area contributed by atoms with Crippen molar-refractivity contribution in [3.05, 3.63) is 53.6 Å². The number of anilines is 1. The molecule has 1 aromatic heterocycles. The third-order valence-electron chi connectivity index (χ3n) is 4.96. The lowest BCUT2D eigenvalue weighted by Crippen LogP contribution is -2.46. The smallest absolute Gasteiger partial charge is 0.161 e. The second-order valence-electron chi connectivity index (χ2n) is 6.92. The first-order valence-electron chi connectivity index (χ1n) is 8.75. The summed E-state index contributed by atoms with van der Waals surface area (Å²) in [6.07, 6.45) is 1.79. The Morgan fingerprint density at radius 1 is 1.31 bits per heavy atom. The van der Waals surface area contributed by atoms with Crippen molar-refractivity contribution >= 4 is 17.6 Å². The number of rotatable bonds is 3. The molecule has 3 heterocycles. The molecule has 2 aliphatic heterocycles. The zero-order valence-corrected chi connectivity index (χ0v) is 15.6. The van der Waals surface area contributed by atoms with Gasteiger partial charge in [-0.05, 0) is 49.6 Å². The highest BCUT2D eigenvalue weighted by atomic mass is 32.2. The van der Waals surface area contributed by atoms with Gasteiger partial charge in [-0.25, -0.2) is 9.11 Å². The molecule has 0 radical (unpaired) electrons. The van der Waals surface area contributed by atoms with Crippen LogP contribution in [-0.4, -0.2) is 42.0 Å². The van der Waals surface area contributed by atoms with Crippen LogP contribution in [0.2, 0.25) is 0 Å². The lowest BCUT2D eigenvalue weighted by Gasteiger charge is -2.37. The summed E-state index contributed by atoms with van der Waals surface area (Å²) >= 11 is 1.22. The number of hydrogen-bond donors (Lipinski definition) is 2. The summed E-state index contributed by atoms with van der Waals surface area (Å²) in [5, 5.41) is 10.1. The van der Waals surface area contributed by atoms with Crippen LogP contribution in [0.3, 0.4) is 0 Å². The number of benzene rings is 1. The average molecular weight is 375 g/mol. The summed E-state index contributed by atoms with van der Waals surface area (Å²) in [6.45, 7) is 5.12. The third kappa shape index (κ3) is 2.79. The fourth-order valence-electron chi connectivity index (χ4n) is 3.80. The third-order valence-corrected chi connectivity index (χ3v) is 6.02. The molecule has 2 aliphatic rings. The van der Waals surface area contributed by atoms with Gasteiger partial charge in [-0.2, -0.15) is 0 Å². The average Bonchev–Trinajstić information content (AvgIpc) is 3.03. The van der Waals surface area contributed by atoms with Crippen molar-refractivity contribution in [1.29, 1.82) is 0 Å². The zero-order chi connectivity index (χ0) is 18.3. The fraction of sp³-hybridized carbons (Fsp3) is 0.421. The Morgan fingerprint density at radius 3 is 2.73 bits per heavy atom. The highest BCUT2D eigenvalue weighted by molar-refractivity contribution is 7.97. The molecule has 1 fully saturated rings. The SMILES string of the molecule is C[C@@H]1CN(c2ccc3c(c2F)SNC3(CO)c2ccccn2)C[C@H](C)O1. The molecule has 7 heteroatoms. The minimum atomic E-state index is -0.897. The summed E-state index contributed by atoms with van der Waals surface area (Å²) in [5.41, 5.74) is 1.08. The van der Waals surface area contributed by atoms with E-state index in [1.807, 2.05) is 43.0 Å². The number of aliphatic hydroxyl groups is 1. The molecule has 138 valence electrons. The molecule has 26 heavy (non-hydrogen) atoms. The fourth-order valence-corrected chi connectivity index (χ4v) is 4.90. The van der Waals surface area contributed by atoms with E-state index in [1.165, 1.54) is 11.9 Å². The zero-order valence-electron chi connectivity index (χ0n) is 14.8. The van der Waals surface area contributed by atoms with Gasteiger partial charge in [0.05, 0.1) is 35.1 Å².